The van der Waals surface area contributed by atoms with Crippen molar-refractivity contribution in [3.05, 3.63) is 35.4 Å². The molecule has 0 saturated carbocycles. The quantitative estimate of drug-likeness (QED) is 0.734. The van der Waals surface area contributed by atoms with Crippen molar-refractivity contribution >= 4 is 11.8 Å². The van der Waals surface area contributed by atoms with Gasteiger partial charge in [-0.05, 0) is 30.4 Å². The Morgan fingerprint density at radius 2 is 2.04 bits per heavy atom. The minimum atomic E-state index is -1.52. The standard InChI is InChI=1S/C19H28N2O4/c1-3-11-25-13-17-8-5-4-7-16(17)12-20-18(23)19(24)9-6-10-21(14-19)15(2)22/h4-5,7-8,24H,3,6,9-14H2,1-2H3,(H,20,23)/t19-/m1/s1. The van der Waals surface area contributed by atoms with Crippen molar-refractivity contribution in [1.82, 2.24) is 10.2 Å². The van der Waals surface area contributed by atoms with Gasteiger partial charge in [-0.2, -0.15) is 0 Å². The zero-order chi connectivity index (χ0) is 18.3. The van der Waals surface area contributed by atoms with E-state index in [2.05, 4.69) is 12.2 Å². The molecule has 2 N–H and O–H groups in total. The lowest BCUT2D eigenvalue weighted by Crippen LogP contribution is -2.57. The zero-order valence-corrected chi connectivity index (χ0v) is 15.1. The van der Waals surface area contributed by atoms with Gasteiger partial charge in [-0.25, -0.2) is 0 Å². The smallest absolute Gasteiger partial charge is 0.254 e. The lowest BCUT2D eigenvalue weighted by molar-refractivity contribution is -0.150. The van der Waals surface area contributed by atoms with Gasteiger partial charge in [0.1, 0.15) is 0 Å². The summed E-state index contributed by atoms with van der Waals surface area (Å²) in [5.74, 6) is -0.549. The third-order valence-electron chi connectivity index (χ3n) is 4.50. The predicted molar refractivity (Wildman–Crippen MR) is 94.7 cm³/mol. The number of piperidine rings is 1. The van der Waals surface area contributed by atoms with E-state index in [0.717, 1.165) is 17.5 Å². The molecular weight excluding hydrogens is 320 g/mol. The predicted octanol–water partition coefficient (Wildman–Crippen LogP) is 1.60. The van der Waals surface area contributed by atoms with E-state index >= 15 is 0 Å². The van der Waals surface area contributed by atoms with Crippen molar-refractivity contribution in [3.63, 3.8) is 0 Å². The average Bonchev–Trinajstić information content (AvgIpc) is 2.60. The molecule has 0 radical (unpaired) electrons. The summed E-state index contributed by atoms with van der Waals surface area (Å²) in [6.07, 6.45) is 1.94. The van der Waals surface area contributed by atoms with Crippen LogP contribution in [0.3, 0.4) is 0 Å². The second kappa shape index (κ2) is 8.97. The maximum Gasteiger partial charge on any atom is 0.254 e. The maximum atomic E-state index is 12.5. The Hall–Kier alpha value is -1.92. The topological polar surface area (TPSA) is 78.9 Å². The summed E-state index contributed by atoms with van der Waals surface area (Å²) in [6, 6.07) is 7.77. The molecule has 0 aromatic heterocycles. The Balaban J connectivity index is 1.96. The summed E-state index contributed by atoms with van der Waals surface area (Å²) in [7, 11) is 0. The fourth-order valence-electron chi connectivity index (χ4n) is 3.03. The van der Waals surface area contributed by atoms with Crippen molar-refractivity contribution in [2.24, 2.45) is 0 Å². The molecule has 1 aromatic rings. The van der Waals surface area contributed by atoms with Gasteiger partial charge >= 0.3 is 0 Å². The Labute approximate surface area is 149 Å². The Morgan fingerprint density at radius 1 is 1.32 bits per heavy atom. The largest absolute Gasteiger partial charge is 0.378 e. The third-order valence-corrected chi connectivity index (χ3v) is 4.50. The van der Waals surface area contributed by atoms with Crippen molar-refractivity contribution in [2.45, 2.75) is 51.9 Å². The number of carbonyl (C=O) groups is 2. The van der Waals surface area contributed by atoms with Gasteiger partial charge in [0.05, 0.1) is 13.2 Å². The number of carbonyl (C=O) groups excluding carboxylic acids is 2. The molecule has 6 heteroatoms. The van der Waals surface area contributed by atoms with Crippen LogP contribution in [0, 0.1) is 0 Å². The molecule has 1 aromatic carbocycles. The molecule has 1 aliphatic rings. The molecule has 0 bridgehead atoms. The van der Waals surface area contributed by atoms with E-state index in [1.165, 1.54) is 11.8 Å². The molecule has 0 aliphatic carbocycles. The van der Waals surface area contributed by atoms with Crippen LogP contribution < -0.4 is 5.32 Å². The number of aliphatic hydroxyl groups is 1. The molecule has 1 atom stereocenters. The Kier molecular flexibility index (Phi) is 6.96. The lowest BCUT2D eigenvalue weighted by atomic mass is 9.91. The molecule has 2 amide bonds. The van der Waals surface area contributed by atoms with E-state index in [1.54, 1.807) is 0 Å². The van der Waals surface area contributed by atoms with Crippen LogP contribution in [0.25, 0.3) is 0 Å². The zero-order valence-electron chi connectivity index (χ0n) is 15.1. The summed E-state index contributed by atoms with van der Waals surface area (Å²) in [6.45, 7) is 5.67. The summed E-state index contributed by atoms with van der Waals surface area (Å²) < 4.78 is 5.59. The molecule has 0 spiro atoms. The first kappa shape index (κ1) is 19.4. The first-order chi connectivity index (χ1) is 12.0. The highest BCUT2D eigenvalue weighted by Gasteiger charge is 2.40. The van der Waals surface area contributed by atoms with E-state index in [1.807, 2.05) is 24.3 Å². The summed E-state index contributed by atoms with van der Waals surface area (Å²) in [5.41, 5.74) is 0.476. The van der Waals surface area contributed by atoms with Crippen LogP contribution in [0.4, 0.5) is 0 Å². The second-order valence-corrected chi connectivity index (χ2v) is 6.58. The molecule has 2 rings (SSSR count). The van der Waals surface area contributed by atoms with E-state index in [0.29, 0.717) is 39.1 Å². The van der Waals surface area contributed by atoms with Gasteiger partial charge in [-0.15, -0.1) is 0 Å². The molecule has 0 unspecified atom stereocenters. The number of nitrogens with one attached hydrogen (secondary N) is 1. The normalized spacial score (nSPS) is 20.4. The molecule has 1 fully saturated rings. The van der Waals surface area contributed by atoms with Crippen molar-refractivity contribution in [2.75, 3.05) is 19.7 Å². The van der Waals surface area contributed by atoms with E-state index in [-0.39, 0.29) is 12.5 Å². The van der Waals surface area contributed by atoms with Crippen LogP contribution in [0.5, 0.6) is 0 Å². The highest BCUT2D eigenvalue weighted by atomic mass is 16.5. The van der Waals surface area contributed by atoms with Crippen LogP contribution in [-0.2, 0) is 27.5 Å². The van der Waals surface area contributed by atoms with Crippen LogP contribution in [0.2, 0.25) is 0 Å². The number of hydrogen-bond acceptors (Lipinski definition) is 4. The maximum absolute atomic E-state index is 12.5. The van der Waals surface area contributed by atoms with Gasteiger partial charge in [0.25, 0.3) is 5.91 Å². The molecule has 138 valence electrons. The molecule has 1 heterocycles. The minimum absolute atomic E-state index is 0.0510. The van der Waals surface area contributed by atoms with Gasteiger partial charge in [0.15, 0.2) is 5.60 Å². The minimum Gasteiger partial charge on any atom is -0.378 e. The fraction of sp³-hybridized carbons (Fsp3) is 0.579. The average molecular weight is 348 g/mol. The number of rotatable bonds is 7. The van der Waals surface area contributed by atoms with Crippen LogP contribution in [-0.4, -0.2) is 47.1 Å². The van der Waals surface area contributed by atoms with Gasteiger partial charge in [0.2, 0.25) is 5.91 Å². The number of nitrogens with zero attached hydrogens (tertiary/aromatic N) is 1. The highest BCUT2D eigenvalue weighted by molar-refractivity contribution is 5.86. The number of benzene rings is 1. The molecule has 1 saturated heterocycles. The lowest BCUT2D eigenvalue weighted by Gasteiger charge is -2.37. The first-order valence-electron chi connectivity index (χ1n) is 8.87. The first-order valence-corrected chi connectivity index (χ1v) is 8.87. The highest BCUT2D eigenvalue weighted by Crippen LogP contribution is 2.22. The van der Waals surface area contributed by atoms with Gasteiger partial charge < -0.3 is 20.1 Å². The summed E-state index contributed by atoms with van der Waals surface area (Å²) in [4.78, 5) is 25.6. The van der Waals surface area contributed by atoms with Crippen molar-refractivity contribution in [1.29, 1.82) is 0 Å². The van der Waals surface area contributed by atoms with E-state index in [4.69, 9.17) is 4.74 Å². The Bertz CT molecular complexity index is 605. The SMILES string of the molecule is CCCOCc1ccccc1CNC(=O)[C@@]1(O)CCCN(C(C)=O)C1. The van der Waals surface area contributed by atoms with Crippen molar-refractivity contribution in [3.8, 4) is 0 Å². The van der Waals surface area contributed by atoms with Crippen LogP contribution >= 0.6 is 0 Å². The third kappa shape index (κ3) is 5.28. The van der Waals surface area contributed by atoms with E-state index < -0.39 is 11.5 Å². The molecule has 1 aliphatic heterocycles. The van der Waals surface area contributed by atoms with Crippen LogP contribution in [0.15, 0.2) is 24.3 Å². The molecule has 6 nitrogen and oxygen atoms in total. The monoisotopic (exact) mass is 348 g/mol. The summed E-state index contributed by atoms with van der Waals surface area (Å²) >= 11 is 0. The number of β-amino-alcohol motifs (C(OH)–C–C–N with tert-alkyl or cyclic N) is 1. The second-order valence-electron chi connectivity index (χ2n) is 6.58. The van der Waals surface area contributed by atoms with Crippen molar-refractivity contribution < 1.29 is 19.4 Å². The summed E-state index contributed by atoms with van der Waals surface area (Å²) in [5, 5.41) is 13.5. The van der Waals surface area contributed by atoms with Crippen LogP contribution in [0.1, 0.15) is 44.2 Å². The Morgan fingerprint density at radius 3 is 2.72 bits per heavy atom. The molecule has 25 heavy (non-hydrogen) atoms. The number of ether oxygens (including phenoxy) is 1. The van der Waals surface area contributed by atoms with Gasteiger partial charge in [-0.1, -0.05) is 31.2 Å². The molecular formula is C19H28N2O4. The fourth-order valence-corrected chi connectivity index (χ4v) is 3.03. The van der Waals surface area contributed by atoms with E-state index in [9.17, 15) is 14.7 Å². The number of amides is 2. The van der Waals surface area contributed by atoms with Gasteiger partial charge in [-0.3, -0.25) is 9.59 Å². The number of hydrogen-bond donors (Lipinski definition) is 2. The number of likely N-dealkylation sites (tertiary alicyclic amines) is 1. The van der Waals surface area contributed by atoms with Gasteiger partial charge in [0, 0.05) is 26.6 Å².